The zero-order valence-electron chi connectivity index (χ0n) is 17.1. The highest BCUT2D eigenvalue weighted by molar-refractivity contribution is 6.38. The van der Waals surface area contributed by atoms with Gasteiger partial charge in [0.2, 0.25) is 5.95 Å². The molecule has 1 unspecified atom stereocenters. The topological polar surface area (TPSA) is 63.8 Å². The first-order valence-corrected chi connectivity index (χ1v) is 10.3. The van der Waals surface area contributed by atoms with Crippen molar-refractivity contribution >= 4 is 22.5 Å². The Morgan fingerprint density at radius 2 is 1.72 bits per heavy atom. The van der Waals surface area contributed by atoms with Crippen LogP contribution >= 0.6 is 11.6 Å². The van der Waals surface area contributed by atoms with E-state index in [4.69, 9.17) is 11.6 Å². The van der Waals surface area contributed by atoms with Crippen molar-refractivity contribution in [2.45, 2.75) is 5.60 Å². The molecule has 5 rings (SSSR count). The molecule has 32 heavy (non-hydrogen) atoms. The molecule has 0 saturated carbocycles. The lowest BCUT2D eigenvalue weighted by Gasteiger charge is -2.29. The molecule has 0 radical (unpaired) electrons. The van der Waals surface area contributed by atoms with E-state index < -0.39 is 11.5 Å². The van der Waals surface area contributed by atoms with Gasteiger partial charge in [0.05, 0.1) is 10.5 Å². The Balaban J connectivity index is 1.77. The number of pyridine rings is 2. The molecule has 3 heterocycles. The predicted molar refractivity (Wildman–Crippen MR) is 122 cm³/mol. The van der Waals surface area contributed by atoms with Gasteiger partial charge in [0.15, 0.2) is 5.60 Å². The number of imidazole rings is 1. The Morgan fingerprint density at radius 3 is 2.44 bits per heavy atom. The van der Waals surface area contributed by atoms with Crippen molar-refractivity contribution in [3.63, 3.8) is 0 Å². The van der Waals surface area contributed by atoms with Crippen LogP contribution in [-0.2, 0) is 12.6 Å². The number of benzene rings is 2. The third-order valence-corrected chi connectivity index (χ3v) is 6.00. The van der Waals surface area contributed by atoms with Crippen molar-refractivity contribution in [2.75, 3.05) is 0 Å². The molecule has 0 spiro atoms. The van der Waals surface area contributed by atoms with Gasteiger partial charge in [-0.3, -0.25) is 4.98 Å². The molecular weight excluding hydrogens is 427 g/mol. The highest BCUT2D eigenvalue weighted by atomic mass is 35.5. The van der Waals surface area contributed by atoms with Gasteiger partial charge < -0.3 is 9.67 Å². The summed E-state index contributed by atoms with van der Waals surface area (Å²) in [5.41, 5.74) is 1.46. The summed E-state index contributed by atoms with van der Waals surface area (Å²) in [6.07, 6.45) is 6.37. The number of aryl methyl sites for hydroxylation is 1. The summed E-state index contributed by atoms with van der Waals surface area (Å²) >= 11 is 6.81. The maximum Gasteiger partial charge on any atom is 0.213 e. The number of hydrogen-bond acceptors (Lipinski definition) is 4. The van der Waals surface area contributed by atoms with Gasteiger partial charge >= 0.3 is 0 Å². The predicted octanol–water partition coefficient (Wildman–Crippen LogP) is 5.11. The molecule has 0 aliphatic rings. The fourth-order valence-electron chi connectivity index (χ4n) is 3.97. The molecule has 5 nitrogen and oxygen atoms in total. The van der Waals surface area contributed by atoms with Crippen molar-refractivity contribution < 1.29 is 9.50 Å². The molecule has 0 bridgehead atoms. The smallest absolute Gasteiger partial charge is 0.213 e. The third kappa shape index (κ3) is 3.25. The van der Waals surface area contributed by atoms with Crippen molar-refractivity contribution in [3.05, 3.63) is 113 Å². The van der Waals surface area contributed by atoms with E-state index in [2.05, 4.69) is 15.0 Å². The molecular formula is C25H18ClFN4O. The first kappa shape index (κ1) is 20.3. The van der Waals surface area contributed by atoms with Crippen LogP contribution in [0.4, 0.5) is 4.39 Å². The van der Waals surface area contributed by atoms with E-state index in [0.29, 0.717) is 32.9 Å². The van der Waals surface area contributed by atoms with Gasteiger partial charge in [-0.1, -0.05) is 48.0 Å². The Morgan fingerprint density at radius 1 is 0.938 bits per heavy atom. The zero-order valence-corrected chi connectivity index (χ0v) is 17.8. The van der Waals surface area contributed by atoms with E-state index in [1.165, 1.54) is 12.3 Å². The van der Waals surface area contributed by atoms with Crippen LogP contribution in [0, 0.1) is 5.95 Å². The summed E-state index contributed by atoms with van der Waals surface area (Å²) in [4.78, 5) is 12.5. The highest BCUT2D eigenvalue weighted by Gasteiger charge is 2.38. The van der Waals surface area contributed by atoms with Gasteiger partial charge in [-0.05, 0) is 29.3 Å². The third-order valence-electron chi connectivity index (χ3n) is 5.59. The van der Waals surface area contributed by atoms with Crippen molar-refractivity contribution in [1.82, 2.24) is 19.5 Å². The lowest BCUT2D eigenvalue weighted by Crippen LogP contribution is -2.32. The standard InChI is InChI=1S/C25H18ClFN4O/c1-31-12-11-29-24(31)25(32,18-9-10-28-22(27)14-18)17-7-8-21-19(13-17)23(26)20(15-30-21)16-5-3-2-4-6-16/h2-15,32H,1H3. The minimum atomic E-state index is -1.73. The summed E-state index contributed by atoms with van der Waals surface area (Å²) in [5.74, 6) is -0.354. The average Bonchev–Trinajstić information content (AvgIpc) is 3.25. The largest absolute Gasteiger partial charge is 0.373 e. The Kier molecular flexibility index (Phi) is 4.96. The number of aliphatic hydroxyl groups is 1. The molecule has 1 atom stereocenters. The van der Waals surface area contributed by atoms with Crippen LogP contribution in [0.15, 0.2) is 85.5 Å². The van der Waals surface area contributed by atoms with E-state index in [1.807, 2.05) is 30.3 Å². The lowest BCUT2D eigenvalue weighted by molar-refractivity contribution is 0.112. The molecule has 0 saturated heterocycles. The van der Waals surface area contributed by atoms with Crippen LogP contribution in [0.3, 0.4) is 0 Å². The second-order valence-corrected chi connectivity index (χ2v) is 7.90. The van der Waals surface area contributed by atoms with Gasteiger partial charge in [0.1, 0.15) is 5.82 Å². The van der Waals surface area contributed by atoms with Crippen molar-refractivity contribution in [1.29, 1.82) is 0 Å². The number of nitrogens with zero attached hydrogens (tertiary/aromatic N) is 4. The molecule has 0 aliphatic heterocycles. The number of aromatic nitrogens is 4. The second kappa shape index (κ2) is 7.82. The van der Waals surface area contributed by atoms with Crippen LogP contribution < -0.4 is 0 Å². The summed E-state index contributed by atoms with van der Waals surface area (Å²) in [6.45, 7) is 0. The van der Waals surface area contributed by atoms with Crippen molar-refractivity contribution in [3.8, 4) is 11.1 Å². The molecule has 158 valence electrons. The summed E-state index contributed by atoms with van der Waals surface area (Å²) in [7, 11) is 1.77. The van der Waals surface area contributed by atoms with Gasteiger partial charge in [0.25, 0.3) is 0 Å². The molecule has 1 N–H and O–H groups in total. The van der Waals surface area contributed by atoms with Crippen LogP contribution in [0.2, 0.25) is 5.02 Å². The number of hydrogen-bond donors (Lipinski definition) is 1. The van der Waals surface area contributed by atoms with Gasteiger partial charge in [-0.25, -0.2) is 9.97 Å². The molecule has 3 aromatic heterocycles. The highest BCUT2D eigenvalue weighted by Crippen LogP contribution is 2.39. The molecule has 0 aliphatic carbocycles. The minimum absolute atomic E-state index is 0.307. The van der Waals surface area contributed by atoms with E-state index in [1.54, 1.807) is 54.5 Å². The molecule has 7 heteroatoms. The Hall–Kier alpha value is -3.61. The van der Waals surface area contributed by atoms with E-state index in [9.17, 15) is 9.50 Å². The van der Waals surface area contributed by atoms with Crippen LogP contribution in [0.25, 0.3) is 22.0 Å². The number of fused-ring (bicyclic) bond motifs is 1. The normalized spacial score (nSPS) is 13.2. The second-order valence-electron chi connectivity index (χ2n) is 7.52. The molecule has 5 aromatic rings. The van der Waals surface area contributed by atoms with Crippen LogP contribution in [0.5, 0.6) is 0 Å². The monoisotopic (exact) mass is 444 g/mol. The van der Waals surface area contributed by atoms with E-state index in [0.717, 1.165) is 11.1 Å². The molecule has 2 aromatic carbocycles. The van der Waals surface area contributed by atoms with Crippen molar-refractivity contribution in [2.24, 2.45) is 7.05 Å². The number of halogens is 2. The van der Waals surface area contributed by atoms with E-state index in [-0.39, 0.29) is 0 Å². The van der Waals surface area contributed by atoms with Gasteiger partial charge in [-0.15, -0.1) is 0 Å². The van der Waals surface area contributed by atoms with Gasteiger partial charge in [0, 0.05) is 54.4 Å². The van der Waals surface area contributed by atoms with Gasteiger partial charge in [-0.2, -0.15) is 4.39 Å². The fraction of sp³-hybridized carbons (Fsp3) is 0.0800. The van der Waals surface area contributed by atoms with E-state index >= 15 is 0 Å². The molecule has 0 amide bonds. The van der Waals surface area contributed by atoms with Crippen LogP contribution in [0.1, 0.15) is 17.0 Å². The molecule has 0 fully saturated rings. The first-order valence-electron chi connectivity index (χ1n) is 9.95. The summed E-state index contributed by atoms with van der Waals surface area (Å²) < 4.78 is 15.7. The average molecular weight is 445 g/mol. The summed E-state index contributed by atoms with van der Waals surface area (Å²) in [6, 6.07) is 17.8. The SMILES string of the molecule is Cn1ccnc1C(O)(c1ccnc(F)c1)c1ccc2ncc(-c3ccccc3)c(Cl)c2c1. The lowest BCUT2D eigenvalue weighted by atomic mass is 9.85. The maximum atomic E-state index is 14.0. The zero-order chi connectivity index (χ0) is 22.3. The summed E-state index contributed by atoms with van der Waals surface area (Å²) in [5, 5.41) is 13.2. The Bertz CT molecular complexity index is 1440. The minimum Gasteiger partial charge on any atom is -0.373 e. The Labute approximate surface area is 188 Å². The van der Waals surface area contributed by atoms with Crippen LogP contribution in [-0.4, -0.2) is 24.6 Å². The maximum absolute atomic E-state index is 14.0. The first-order chi connectivity index (χ1) is 15.5. The fourth-order valence-corrected chi connectivity index (χ4v) is 4.28. The number of rotatable bonds is 4. The quantitative estimate of drug-likeness (QED) is 0.391.